The van der Waals surface area contributed by atoms with Crippen LogP contribution in [0.4, 0.5) is 0 Å². The van der Waals surface area contributed by atoms with Crippen molar-refractivity contribution in [3.8, 4) is 11.3 Å². The minimum absolute atomic E-state index is 0.0752. The average Bonchev–Trinajstić information content (AvgIpc) is 3.54. The molecule has 5 heterocycles. The van der Waals surface area contributed by atoms with Crippen LogP contribution in [0.2, 0.25) is 0 Å². The summed E-state index contributed by atoms with van der Waals surface area (Å²) in [5.41, 5.74) is 8.97. The highest BCUT2D eigenvalue weighted by molar-refractivity contribution is 6.10. The summed E-state index contributed by atoms with van der Waals surface area (Å²) >= 11 is 0. The van der Waals surface area contributed by atoms with Gasteiger partial charge in [0, 0.05) is 56.6 Å². The van der Waals surface area contributed by atoms with Gasteiger partial charge in [-0.25, -0.2) is 4.68 Å². The molecule has 0 aliphatic carbocycles. The van der Waals surface area contributed by atoms with Gasteiger partial charge in [-0.3, -0.25) is 9.78 Å². The Bertz CT molecular complexity index is 1680. The van der Waals surface area contributed by atoms with Crippen molar-refractivity contribution >= 4 is 27.8 Å². The molecule has 2 aromatic carbocycles. The molecule has 1 saturated heterocycles. The average molecular weight is 507 g/mol. The molecule has 1 amide bonds. The molecule has 2 aliphatic rings. The molecule has 7 rings (SSSR count). The fraction of sp³-hybridized carbons (Fsp3) is 0.333. The third-order valence-electron chi connectivity index (χ3n) is 8.25. The number of carbonyl (C=O) groups excluding carboxylic acids is 1. The molecule has 38 heavy (non-hydrogen) atoms. The van der Waals surface area contributed by atoms with Crippen molar-refractivity contribution in [2.24, 2.45) is 13.0 Å². The number of aromatic nitrogens is 5. The standard InChI is InChI=1S/C30H30N6O2/c1-18-28(35(3)33-32-18)21-14-26-27(31-16-21)24-13-22-17-34(2)30(37)23(22)15-25(24)36(26)29(19-7-5-4-6-8-19)20-9-11-38-12-10-20/h4-8,13-16,20,29H,9-12,17H2,1-3H3/t29-/m1/s1. The van der Waals surface area contributed by atoms with Crippen LogP contribution in [-0.2, 0) is 18.3 Å². The van der Waals surface area contributed by atoms with Crippen molar-refractivity contribution in [3.05, 3.63) is 77.1 Å². The van der Waals surface area contributed by atoms with Crippen LogP contribution in [0.25, 0.3) is 33.2 Å². The van der Waals surface area contributed by atoms with Crippen molar-refractivity contribution in [1.82, 2.24) is 29.4 Å². The van der Waals surface area contributed by atoms with E-state index in [0.717, 1.165) is 76.1 Å². The molecular formula is C30H30N6O2. The number of carbonyl (C=O) groups is 1. The van der Waals surface area contributed by atoms with Crippen molar-refractivity contribution in [2.75, 3.05) is 20.3 Å². The van der Waals surface area contributed by atoms with Gasteiger partial charge in [0.1, 0.15) is 0 Å². The van der Waals surface area contributed by atoms with Gasteiger partial charge in [-0.15, -0.1) is 5.10 Å². The Hall–Kier alpha value is -4.04. The Balaban J connectivity index is 1.56. The second kappa shape index (κ2) is 8.77. The highest BCUT2D eigenvalue weighted by atomic mass is 16.5. The van der Waals surface area contributed by atoms with E-state index < -0.39 is 0 Å². The Labute approximate surface area is 220 Å². The van der Waals surface area contributed by atoms with E-state index in [1.807, 2.05) is 27.2 Å². The largest absolute Gasteiger partial charge is 0.381 e. The van der Waals surface area contributed by atoms with Gasteiger partial charge in [0.2, 0.25) is 0 Å². The van der Waals surface area contributed by atoms with Crippen LogP contribution in [0.5, 0.6) is 0 Å². The number of pyridine rings is 1. The van der Waals surface area contributed by atoms with E-state index >= 15 is 0 Å². The molecule has 0 N–H and O–H groups in total. The van der Waals surface area contributed by atoms with E-state index in [-0.39, 0.29) is 11.9 Å². The lowest BCUT2D eigenvalue weighted by molar-refractivity contribution is 0.0553. The molecule has 0 spiro atoms. The van der Waals surface area contributed by atoms with Crippen LogP contribution >= 0.6 is 0 Å². The number of fused-ring (bicyclic) bond motifs is 4. The smallest absolute Gasteiger partial charge is 0.254 e. The third kappa shape index (κ3) is 3.47. The first kappa shape index (κ1) is 23.1. The first-order chi connectivity index (χ1) is 18.5. The predicted molar refractivity (Wildman–Crippen MR) is 146 cm³/mol. The maximum Gasteiger partial charge on any atom is 0.254 e. The van der Waals surface area contributed by atoms with Gasteiger partial charge >= 0.3 is 0 Å². The Morgan fingerprint density at radius 3 is 2.55 bits per heavy atom. The van der Waals surface area contributed by atoms with E-state index in [2.05, 4.69) is 63.4 Å². The minimum Gasteiger partial charge on any atom is -0.381 e. The number of amides is 1. The number of nitrogens with zero attached hydrogens (tertiary/aromatic N) is 6. The zero-order valence-electron chi connectivity index (χ0n) is 21.9. The molecule has 0 unspecified atom stereocenters. The predicted octanol–water partition coefficient (Wildman–Crippen LogP) is 4.90. The van der Waals surface area contributed by atoms with Crippen LogP contribution in [-0.4, -0.2) is 55.6 Å². The number of ether oxygens (including phenoxy) is 1. The van der Waals surface area contributed by atoms with Crippen LogP contribution < -0.4 is 0 Å². The Morgan fingerprint density at radius 2 is 1.82 bits per heavy atom. The summed E-state index contributed by atoms with van der Waals surface area (Å²) in [6.07, 6.45) is 3.88. The molecule has 3 aromatic heterocycles. The maximum atomic E-state index is 13.1. The number of hydrogen-bond acceptors (Lipinski definition) is 5. The Morgan fingerprint density at radius 1 is 1.03 bits per heavy atom. The summed E-state index contributed by atoms with van der Waals surface area (Å²) < 4.78 is 10.0. The SMILES string of the molecule is Cc1nnn(C)c1-c1cnc2c3cc4c(cc3n([C@H](c3ccccc3)C3CCOCC3)c2c1)C(=O)N(C)C4. The zero-order chi connectivity index (χ0) is 26.0. The van der Waals surface area contributed by atoms with Crippen LogP contribution in [0.15, 0.2) is 54.7 Å². The van der Waals surface area contributed by atoms with Gasteiger partial charge in [0.05, 0.1) is 34.0 Å². The lowest BCUT2D eigenvalue weighted by Gasteiger charge is -2.33. The third-order valence-corrected chi connectivity index (χ3v) is 8.25. The van der Waals surface area contributed by atoms with Crippen molar-refractivity contribution in [2.45, 2.75) is 32.4 Å². The number of aryl methyl sites for hydroxylation is 2. The molecule has 1 fully saturated rings. The van der Waals surface area contributed by atoms with E-state index in [0.29, 0.717) is 12.5 Å². The van der Waals surface area contributed by atoms with Gasteiger partial charge in [-0.2, -0.15) is 0 Å². The van der Waals surface area contributed by atoms with E-state index in [1.165, 1.54) is 5.56 Å². The molecule has 0 saturated carbocycles. The van der Waals surface area contributed by atoms with Gasteiger partial charge in [0.25, 0.3) is 5.91 Å². The molecular weight excluding hydrogens is 476 g/mol. The van der Waals surface area contributed by atoms with Crippen LogP contribution in [0, 0.1) is 12.8 Å². The fourth-order valence-electron chi connectivity index (χ4n) is 6.46. The maximum absolute atomic E-state index is 13.1. The second-order valence-electron chi connectivity index (χ2n) is 10.6. The lowest BCUT2D eigenvalue weighted by Crippen LogP contribution is -2.27. The molecule has 192 valence electrons. The van der Waals surface area contributed by atoms with Gasteiger partial charge in [-0.05, 0) is 55.0 Å². The summed E-state index contributed by atoms with van der Waals surface area (Å²) in [6, 6.07) is 17.3. The topological polar surface area (TPSA) is 78.1 Å². The minimum atomic E-state index is 0.0752. The lowest BCUT2D eigenvalue weighted by atomic mass is 9.86. The molecule has 1 atom stereocenters. The van der Waals surface area contributed by atoms with Crippen LogP contribution in [0.1, 0.15) is 46.1 Å². The van der Waals surface area contributed by atoms with Crippen molar-refractivity contribution in [1.29, 1.82) is 0 Å². The highest BCUT2D eigenvalue weighted by Gasteiger charge is 2.32. The number of benzene rings is 2. The van der Waals surface area contributed by atoms with Gasteiger partial charge in [-0.1, -0.05) is 35.5 Å². The quantitative estimate of drug-likeness (QED) is 0.347. The van der Waals surface area contributed by atoms with Gasteiger partial charge in [0.15, 0.2) is 0 Å². The van der Waals surface area contributed by atoms with Gasteiger partial charge < -0.3 is 14.2 Å². The van der Waals surface area contributed by atoms with Crippen molar-refractivity contribution < 1.29 is 9.53 Å². The summed E-state index contributed by atoms with van der Waals surface area (Å²) in [4.78, 5) is 19.9. The first-order valence-corrected chi connectivity index (χ1v) is 13.2. The Kier molecular flexibility index (Phi) is 5.33. The normalized spacial score (nSPS) is 17.0. The van der Waals surface area contributed by atoms with E-state index in [1.54, 1.807) is 9.58 Å². The van der Waals surface area contributed by atoms with E-state index in [9.17, 15) is 4.79 Å². The molecule has 8 nitrogen and oxygen atoms in total. The molecule has 0 bridgehead atoms. The highest BCUT2D eigenvalue weighted by Crippen LogP contribution is 2.42. The number of hydrogen-bond donors (Lipinski definition) is 0. The van der Waals surface area contributed by atoms with Crippen molar-refractivity contribution in [3.63, 3.8) is 0 Å². The summed E-state index contributed by atoms with van der Waals surface area (Å²) in [6.45, 7) is 4.11. The molecule has 2 aliphatic heterocycles. The molecule has 0 radical (unpaired) electrons. The first-order valence-electron chi connectivity index (χ1n) is 13.2. The van der Waals surface area contributed by atoms with Crippen LogP contribution in [0.3, 0.4) is 0 Å². The zero-order valence-corrected chi connectivity index (χ0v) is 21.9. The fourth-order valence-corrected chi connectivity index (χ4v) is 6.46. The summed E-state index contributed by atoms with van der Waals surface area (Å²) in [7, 11) is 3.78. The molecule has 5 aromatic rings. The second-order valence-corrected chi connectivity index (χ2v) is 10.6. The summed E-state index contributed by atoms with van der Waals surface area (Å²) in [5, 5.41) is 9.59. The monoisotopic (exact) mass is 506 g/mol. The molecule has 8 heteroatoms. The number of rotatable bonds is 4. The van der Waals surface area contributed by atoms with E-state index in [4.69, 9.17) is 9.72 Å². The summed E-state index contributed by atoms with van der Waals surface area (Å²) in [5.74, 6) is 0.464.